The Bertz CT molecular complexity index is 656. The zero-order valence-electron chi connectivity index (χ0n) is 13.8. The predicted molar refractivity (Wildman–Crippen MR) is 84.4 cm³/mol. The van der Waals surface area contributed by atoms with Gasteiger partial charge in [0.2, 0.25) is 5.91 Å². The Morgan fingerprint density at radius 1 is 1.38 bits per heavy atom. The van der Waals surface area contributed by atoms with Gasteiger partial charge >= 0.3 is 0 Å². The van der Waals surface area contributed by atoms with E-state index in [1.165, 1.54) is 0 Å². The molecule has 1 aromatic heterocycles. The van der Waals surface area contributed by atoms with E-state index in [2.05, 4.69) is 5.10 Å². The zero-order chi connectivity index (χ0) is 16.7. The van der Waals surface area contributed by atoms with Gasteiger partial charge in [-0.05, 0) is 12.8 Å². The molecule has 1 saturated carbocycles. The lowest BCUT2D eigenvalue weighted by atomic mass is 10.0. The van der Waals surface area contributed by atoms with E-state index >= 15 is 0 Å². The molecule has 1 spiro atoms. The number of anilines is 1. The standard InChI is InChI=1S/C16H22N4O4/c1-18-7-13(6-17-18)20-10-16(24-8-14(20)21)9-19(4-5-23-11-16)15(22)12-2-3-12/h6-7,12H,2-5,8-11H2,1H3. The van der Waals surface area contributed by atoms with Crippen LogP contribution in [0.2, 0.25) is 0 Å². The van der Waals surface area contributed by atoms with E-state index in [1.54, 1.807) is 15.8 Å². The van der Waals surface area contributed by atoms with Crippen molar-refractivity contribution >= 4 is 17.5 Å². The number of aryl methyl sites for hydroxylation is 1. The number of hydrogen-bond acceptors (Lipinski definition) is 5. The zero-order valence-corrected chi connectivity index (χ0v) is 13.8. The van der Waals surface area contributed by atoms with Crippen LogP contribution in [0.4, 0.5) is 5.69 Å². The van der Waals surface area contributed by atoms with E-state index in [-0.39, 0.29) is 24.3 Å². The highest BCUT2D eigenvalue weighted by Crippen LogP contribution is 2.33. The summed E-state index contributed by atoms with van der Waals surface area (Å²) in [7, 11) is 1.81. The van der Waals surface area contributed by atoms with E-state index in [4.69, 9.17) is 9.47 Å². The quantitative estimate of drug-likeness (QED) is 0.748. The maximum atomic E-state index is 12.5. The molecule has 130 valence electrons. The lowest BCUT2D eigenvalue weighted by Gasteiger charge is -2.42. The molecule has 2 aliphatic heterocycles. The minimum Gasteiger partial charge on any atom is -0.376 e. The van der Waals surface area contributed by atoms with E-state index in [9.17, 15) is 9.59 Å². The molecule has 3 heterocycles. The molecule has 2 saturated heterocycles. The van der Waals surface area contributed by atoms with Crippen molar-refractivity contribution in [1.29, 1.82) is 0 Å². The van der Waals surface area contributed by atoms with Crippen molar-refractivity contribution in [2.45, 2.75) is 18.4 Å². The van der Waals surface area contributed by atoms with Crippen molar-refractivity contribution in [2.75, 3.05) is 44.4 Å². The highest BCUT2D eigenvalue weighted by atomic mass is 16.6. The van der Waals surface area contributed by atoms with Crippen LogP contribution < -0.4 is 4.90 Å². The SMILES string of the molecule is Cn1cc(N2CC3(COCCN(C(=O)C4CC4)C3)OCC2=O)cn1. The summed E-state index contributed by atoms with van der Waals surface area (Å²) in [4.78, 5) is 28.3. The molecule has 1 unspecified atom stereocenters. The minimum atomic E-state index is -0.676. The molecule has 0 N–H and O–H groups in total. The number of carbonyl (C=O) groups excluding carboxylic acids is 2. The summed E-state index contributed by atoms with van der Waals surface area (Å²) >= 11 is 0. The van der Waals surface area contributed by atoms with Crippen LogP contribution in [0.3, 0.4) is 0 Å². The Hall–Kier alpha value is -1.93. The topological polar surface area (TPSA) is 76.9 Å². The first-order valence-electron chi connectivity index (χ1n) is 8.36. The number of carbonyl (C=O) groups is 2. The van der Waals surface area contributed by atoms with Gasteiger partial charge < -0.3 is 19.3 Å². The number of ether oxygens (including phenoxy) is 2. The normalized spacial score (nSPS) is 28.3. The summed E-state index contributed by atoms with van der Waals surface area (Å²) in [5, 5.41) is 4.14. The van der Waals surface area contributed by atoms with Gasteiger partial charge in [-0.15, -0.1) is 0 Å². The van der Waals surface area contributed by atoms with Gasteiger partial charge in [0.1, 0.15) is 12.2 Å². The molecule has 1 atom stereocenters. The fraction of sp³-hybridized carbons (Fsp3) is 0.688. The number of rotatable bonds is 2. The number of hydrogen-bond donors (Lipinski definition) is 0. The Morgan fingerprint density at radius 2 is 2.21 bits per heavy atom. The highest BCUT2D eigenvalue weighted by molar-refractivity contribution is 5.95. The summed E-state index contributed by atoms with van der Waals surface area (Å²) in [6.07, 6.45) is 5.43. The summed E-state index contributed by atoms with van der Waals surface area (Å²) in [6.45, 7) is 2.29. The summed E-state index contributed by atoms with van der Waals surface area (Å²) in [5.74, 6) is 0.256. The third-order valence-corrected chi connectivity index (χ3v) is 4.84. The molecule has 4 rings (SSSR count). The van der Waals surface area contributed by atoms with Gasteiger partial charge in [-0.1, -0.05) is 0 Å². The van der Waals surface area contributed by atoms with Crippen LogP contribution >= 0.6 is 0 Å². The van der Waals surface area contributed by atoms with E-state index < -0.39 is 5.60 Å². The van der Waals surface area contributed by atoms with E-state index in [1.807, 2.05) is 18.1 Å². The van der Waals surface area contributed by atoms with Crippen molar-refractivity contribution in [1.82, 2.24) is 14.7 Å². The molecule has 0 radical (unpaired) electrons. The second kappa shape index (κ2) is 5.86. The first kappa shape index (κ1) is 15.6. The maximum Gasteiger partial charge on any atom is 0.253 e. The Labute approximate surface area is 140 Å². The first-order chi connectivity index (χ1) is 11.6. The Balaban J connectivity index is 1.55. The first-order valence-corrected chi connectivity index (χ1v) is 8.36. The average Bonchev–Trinajstić information content (AvgIpc) is 3.36. The number of amides is 2. The number of morpholine rings is 1. The molecule has 8 heteroatoms. The van der Waals surface area contributed by atoms with Gasteiger partial charge in [0, 0.05) is 25.7 Å². The van der Waals surface area contributed by atoms with Gasteiger partial charge in [-0.25, -0.2) is 0 Å². The summed E-state index contributed by atoms with van der Waals surface area (Å²) in [5.41, 5.74) is 0.0691. The van der Waals surface area contributed by atoms with Crippen molar-refractivity contribution in [3.63, 3.8) is 0 Å². The molecule has 3 aliphatic rings. The summed E-state index contributed by atoms with van der Waals surface area (Å²) < 4.78 is 13.3. The molecule has 3 fully saturated rings. The monoisotopic (exact) mass is 334 g/mol. The van der Waals surface area contributed by atoms with Gasteiger partial charge in [-0.3, -0.25) is 14.3 Å². The minimum absolute atomic E-state index is 0.0102. The Kier molecular flexibility index (Phi) is 3.80. The Morgan fingerprint density at radius 3 is 2.92 bits per heavy atom. The van der Waals surface area contributed by atoms with Crippen LogP contribution in [-0.2, 0) is 26.1 Å². The predicted octanol–water partition coefficient (Wildman–Crippen LogP) is -0.209. The van der Waals surface area contributed by atoms with Crippen LogP contribution in [0.5, 0.6) is 0 Å². The molecular formula is C16H22N4O4. The van der Waals surface area contributed by atoms with Crippen LogP contribution in [0.15, 0.2) is 12.4 Å². The molecular weight excluding hydrogens is 312 g/mol. The van der Waals surface area contributed by atoms with Crippen molar-refractivity contribution in [2.24, 2.45) is 13.0 Å². The highest BCUT2D eigenvalue weighted by Gasteiger charge is 2.46. The van der Waals surface area contributed by atoms with Gasteiger partial charge in [0.15, 0.2) is 0 Å². The molecule has 8 nitrogen and oxygen atoms in total. The molecule has 24 heavy (non-hydrogen) atoms. The van der Waals surface area contributed by atoms with Crippen LogP contribution in [0.25, 0.3) is 0 Å². The number of nitrogens with zero attached hydrogens (tertiary/aromatic N) is 4. The average molecular weight is 334 g/mol. The molecule has 1 aliphatic carbocycles. The smallest absolute Gasteiger partial charge is 0.253 e. The van der Waals surface area contributed by atoms with Crippen molar-refractivity contribution in [3.8, 4) is 0 Å². The lowest BCUT2D eigenvalue weighted by molar-refractivity contribution is -0.150. The summed E-state index contributed by atoms with van der Waals surface area (Å²) in [6, 6.07) is 0. The molecule has 0 aromatic carbocycles. The second-order valence-corrected chi connectivity index (χ2v) is 6.91. The third kappa shape index (κ3) is 2.91. The van der Waals surface area contributed by atoms with Gasteiger partial charge in [0.25, 0.3) is 5.91 Å². The van der Waals surface area contributed by atoms with Crippen LogP contribution in [-0.4, -0.2) is 71.6 Å². The second-order valence-electron chi connectivity index (χ2n) is 6.91. The number of aromatic nitrogens is 2. The van der Waals surface area contributed by atoms with Crippen molar-refractivity contribution < 1.29 is 19.1 Å². The fourth-order valence-electron chi connectivity index (χ4n) is 3.36. The molecule has 0 bridgehead atoms. The van der Waals surface area contributed by atoms with Gasteiger partial charge in [0.05, 0.1) is 38.2 Å². The van der Waals surface area contributed by atoms with Crippen LogP contribution in [0.1, 0.15) is 12.8 Å². The largest absolute Gasteiger partial charge is 0.376 e. The lowest BCUT2D eigenvalue weighted by Crippen LogP contribution is -2.61. The molecule has 1 aromatic rings. The molecule has 2 amide bonds. The van der Waals surface area contributed by atoms with E-state index in [0.29, 0.717) is 32.8 Å². The third-order valence-electron chi connectivity index (χ3n) is 4.84. The van der Waals surface area contributed by atoms with Crippen molar-refractivity contribution in [3.05, 3.63) is 12.4 Å². The van der Waals surface area contributed by atoms with E-state index in [0.717, 1.165) is 18.5 Å². The maximum absolute atomic E-state index is 12.5. The van der Waals surface area contributed by atoms with Gasteiger partial charge in [-0.2, -0.15) is 5.10 Å². The van der Waals surface area contributed by atoms with Crippen LogP contribution in [0, 0.1) is 5.92 Å². The fourth-order valence-corrected chi connectivity index (χ4v) is 3.36.